The molecule has 2 aromatic carbocycles. The molecule has 0 spiro atoms. The third-order valence-corrected chi connectivity index (χ3v) is 6.09. The second kappa shape index (κ2) is 12.2. The number of carbonyl (C=O) groups is 2. The minimum absolute atomic E-state index is 0.0693. The Kier molecular flexibility index (Phi) is 8.98. The van der Waals surface area contributed by atoms with Crippen LogP contribution in [-0.4, -0.2) is 29.0 Å². The van der Waals surface area contributed by atoms with E-state index in [0.29, 0.717) is 34.9 Å². The molecule has 0 radical (unpaired) electrons. The summed E-state index contributed by atoms with van der Waals surface area (Å²) < 4.78 is 7.83. The number of likely N-dealkylation sites (N-methyl/N-ethyl adjacent to an activating group) is 1. The van der Waals surface area contributed by atoms with Crippen molar-refractivity contribution in [3.63, 3.8) is 0 Å². The number of nitrogens with one attached hydrogen (secondary N) is 3. The molecule has 0 unspecified atom stereocenters. The molecule has 1 aromatic heterocycles. The van der Waals surface area contributed by atoms with Gasteiger partial charge in [-0.05, 0) is 68.0 Å². The maximum Gasteiger partial charge on any atom is 0.300 e. The van der Waals surface area contributed by atoms with Crippen LogP contribution in [0.1, 0.15) is 31.9 Å². The number of aromatic nitrogens is 1. The van der Waals surface area contributed by atoms with Crippen molar-refractivity contribution < 1.29 is 14.3 Å². The molecule has 8 heteroatoms. The zero-order valence-corrected chi connectivity index (χ0v) is 22.6. The van der Waals surface area contributed by atoms with Crippen molar-refractivity contribution >= 4 is 23.2 Å². The Balaban J connectivity index is 2.16. The predicted molar refractivity (Wildman–Crippen MR) is 152 cm³/mol. The Labute approximate surface area is 223 Å². The van der Waals surface area contributed by atoms with Crippen LogP contribution < -0.4 is 26.2 Å². The molecule has 0 fully saturated rings. The number of rotatable bonds is 9. The van der Waals surface area contributed by atoms with Gasteiger partial charge in [-0.3, -0.25) is 14.4 Å². The molecule has 198 valence electrons. The molecule has 0 aliphatic carbocycles. The van der Waals surface area contributed by atoms with Gasteiger partial charge >= 0.3 is 0 Å². The number of hydrogen-bond acceptors (Lipinski definition) is 5. The van der Waals surface area contributed by atoms with Crippen LogP contribution in [0.5, 0.6) is 11.5 Å². The summed E-state index contributed by atoms with van der Waals surface area (Å²) in [5.41, 5.74) is 3.66. The van der Waals surface area contributed by atoms with E-state index in [2.05, 4.69) is 16.0 Å². The summed E-state index contributed by atoms with van der Waals surface area (Å²) in [5.74, 6) is 2.45. The Hall–Kier alpha value is -4.51. The number of anilines is 2. The lowest BCUT2D eigenvalue weighted by Gasteiger charge is -2.23. The molecule has 0 aliphatic heterocycles. The molecular formula is C30H34N4O4. The zero-order valence-electron chi connectivity index (χ0n) is 22.6. The van der Waals surface area contributed by atoms with E-state index in [1.165, 1.54) is 4.57 Å². The molecule has 0 saturated heterocycles. The summed E-state index contributed by atoms with van der Waals surface area (Å²) in [6, 6.07) is 12.2. The highest BCUT2D eigenvalue weighted by Crippen LogP contribution is 2.38. The Morgan fingerprint density at radius 2 is 1.79 bits per heavy atom. The molecular weight excluding hydrogens is 480 g/mol. The maximum absolute atomic E-state index is 13.1. The summed E-state index contributed by atoms with van der Waals surface area (Å²) in [6.07, 6.45) is 6.93. The van der Waals surface area contributed by atoms with Gasteiger partial charge in [0, 0.05) is 36.6 Å². The topological polar surface area (TPSA) is 101 Å². The van der Waals surface area contributed by atoms with Crippen molar-refractivity contribution in [3.8, 4) is 35.0 Å². The fraction of sp³-hybridized carbons (Fsp3) is 0.300. The monoisotopic (exact) mass is 514 g/mol. The first kappa shape index (κ1) is 28.1. The SMILES string of the molecule is C#CC(=O)Nc1ccc(Oc2c(C)cccc2C)c(-c2cc(N[C@H](C(=O)NCC)C(C)C)c(=O)n(C)c2)c1. The fourth-order valence-corrected chi connectivity index (χ4v) is 4.11. The van der Waals surface area contributed by atoms with Gasteiger partial charge in [0.25, 0.3) is 11.5 Å². The molecule has 2 amide bonds. The largest absolute Gasteiger partial charge is 0.456 e. The van der Waals surface area contributed by atoms with Gasteiger partial charge in [0.15, 0.2) is 0 Å². The Bertz CT molecular complexity index is 1430. The third kappa shape index (κ3) is 6.43. The number of nitrogens with zero attached hydrogens (tertiary/aromatic N) is 1. The molecule has 3 rings (SSSR count). The number of carbonyl (C=O) groups excluding carboxylic acids is 2. The number of amides is 2. The number of hydrogen-bond donors (Lipinski definition) is 3. The molecule has 8 nitrogen and oxygen atoms in total. The maximum atomic E-state index is 13.1. The molecule has 38 heavy (non-hydrogen) atoms. The van der Waals surface area contributed by atoms with E-state index >= 15 is 0 Å². The van der Waals surface area contributed by atoms with Gasteiger partial charge in [-0.15, -0.1) is 6.42 Å². The number of para-hydroxylation sites is 1. The van der Waals surface area contributed by atoms with Gasteiger partial charge < -0.3 is 25.3 Å². The quantitative estimate of drug-likeness (QED) is 0.362. The smallest absolute Gasteiger partial charge is 0.300 e. The van der Waals surface area contributed by atoms with Crippen LogP contribution in [0.15, 0.2) is 53.5 Å². The van der Waals surface area contributed by atoms with E-state index in [1.54, 1.807) is 37.5 Å². The number of ether oxygens (including phenoxy) is 1. The highest BCUT2D eigenvalue weighted by atomic mass is 16.5. The van der Waals surface area contributed by atoms with Crippen LogP contribution in [0.25, 0.3) is 11.1 Å². The van der Waals surface area contributed by atoms with Gasteiger partial charge in [0.2, 0.25) is 5.91 Å². The van der Waals surface area contributed by atoms with Crippen molar-refractivity contribution in [2.45, 2.75) is 40.7 Å². The van der Waals surface area contributed by atoms with Crippen LogP contribution >= 0.6 is 0 Å². The number of terminal acetylenes is 1. The van der Waals surface area contributed by atoms with Crippen molar-refractivity contribution in [2.75, 3.05) is 17.2 Å². The molecule has 0 aliphatic rings. The predicted octanol–water partition coefficient (Wildman–Crippen LogP) is 4.61. The van der Waals surface area contributed by atoms with E-state index in [4.69, 9.17) is 11.2 Å². The molecule has 0 saturated carbocycles. The molecule has 3 N–H and O–H groups in total. The van der Waals surface area contributed by atoms with Crippen molar-refractivity contribution in [3.05, 3.63) is 70.1 Å². The van der Waals surface area contributed by atoms with Crippen LogP contribution in [0.4, 0.5) is 11.4 Å². The van der Waals surface area contributed by atoms with Gasteiger partial charge in [0.05, 0.1) is 0 Å². The minimum atomic E-state index is -0.607. The second-order valence-corrected chi connectivity index (χ2v) is 9.45. The Morgan fingerprint density at radius 3 is 2.39 bits per heavy atom. The number of aryl methyl sites for hydroxylation is 3. The van der Waals surface area contributed by atoms with Crippen LogP contribution in [0, 0.1) is 32.1 Å². The highest BCUT2D eigenvalue weighted by Gasteiger charge is 2.23. The summed E-state index contributed by atoms with van der Waals surface area (Å²) in [4.78, 5) is 37.6. The van der Waals surface area contributed by atoms with E-state index < -0.39 is 11.9 Å². The first-order valence-electron chi connectivity index (χ1n) is 12.5. The lowest BCUT2D eigenvalue weighted by Crippen LogP contribution is -2.44. The highest BCUT2D eigenvalue weighted by molar-refractivity contribution is 6.04. The van der Waals surface area contributed by atoms with E-state index in [-0.39, 0.29) is 23.1 Å². The van der Waals surface area contributed by atoms with E-state index in [0.717, 1.165) is 11.1 Å². The summed E-state index contributed by atoms with van der Waals surface area (Å²) in [7, 11) is 1.64. The van der Waals surface area contributed by atoms with Crippen LogP contribution in [0.3, 0.4) is 0 Å². The van der Waals surface area contributed by atoms with E-state index in [1.807, 2.05) is 58.7 Å². The zero-order chi connectivity index (χ0) is 28.0. The lowest BCUT2D eigenvalue weighted by atomic mass is 10.0. The summed E-state index contributed by atoms with van der Waals surface area (Å²) >= 11 is 0. The summed E-state index contributed by atoms with van der Waals surface area (Å²) in [6.45, 7) is 10.1. The molecule has 0 bridgehead atoms. The van der Waals surface area contributed by atoms with Crippen LogP contribution in [0.2, 0.25) is 0 Å². The fourth-order valence-electron chi connectivity index (χ4n) is 4.11. The number of benzene rings is 2. The lowest BCUT2D eigenvalue weighted by molar-refractivity contribution is -0.122. The van der Waals surface area contributed by atoms with Crippen LogP contribution in [-0.2, 0) is 16.6 Å². The van der Waals surface area contributed by atoms with Gasteiger partial charge in [-0.2, -0.15) is 0 Å². The first-order valence-corrected chi connectivity index (χ1v) is 12.5. The van der Waals surface area contributed by atoms with Crippen molar-refractivity contribution in [2.24, 2.45) is 13.0 Å². The molecule has 1 atom stereocenters. The average Bonchev–Trinajstić information content (AvgIpc) is 2.87. The Morgan fingerprint density at radius 1 is 1.11 bits per heavy atom. The normalized spacial score (nSPS) is 11.4. The van der Waals surface area contributed by atoms with E-state index in [9.17, 15) is 14.4 Å². The first-order chi connectivity index (χ1) is 18.0. The molecule has 3 aromatic rings. The van der Waals surface area contributed by atoms with Gasteiger partial charge in [0.1, 0.15) is 23.2 Å². The van der Waals surface area contributed by atoms with Gasteiger partial charge in [-0.1, -0.05) is 32.0 Å². The third-order valence-electron chi connectivity index (χ3n) is 6.09. The molecule has 1 heterocycles. The van der Waals surface area contributed by atoms with Gasteiger partial charge in [-0.25, -0.2) is 0 Å². The van der Waals surface area contributed by atoms with Crippen molar-refractivity contribution in [1.29, 1.82) is 0 Å². The summed E-state index contributed by atoms with van der Waals surface area (Å²) in [5, 5.41) is 8.63. The minimum Gasteiger partial charge on any atom is -0.456 e. The average molecular weight is 515 g/mol. The second-order valence-electron chi connectivity index (χ2n) is 9.45. The van der Waals surface area contributed by atoms with Crippen molar-refractivity contribution in [1.82, 2.24) is 9.88 Å². The number of pyridine rings is 1. The standard InChI is InChI=1S/C30H34N4O4/c1-8-26(35)32-22-13-14-25(38-28-19(5)11-10-12-20(28)6)23(16-22)21-15-24(30(37)34(7)17-21)33-27(18(3)4)29(36)31-9-2/h1,10-18,27,33H,9H2,2-7H3,(H,31,36)(H,32,35)/t27-/m0/s1.